The van der Waals surface area contributed by atoms with Gasteiger partial charge >= 0.3 is 6.18 Å². The van der Waals surface area contributed by atoms with Gasteiger partial charge in [-0.1, -0.05) is 35.0 Å². The molecule has 206 valence electrons. The van der Waals surface area contributed by atoms with Crippen LogP contribution in [0.5, 0.6) is 0 Å². The molecule has 2 aromatic carbocycles. The summed E-state index contributed by atoms with van der Waals surface area (Å²) in [4.78, 5) is 27.0. The van der Waals surface area contributed by atoms with Gasteiger partial charge in [0.1, 0.15) is 0 Å². The summed E-state index contributed by atoms with van der Waals surface area (Å²) in [5, 5.41) is 10.1. The van der Waals surface area contributed by atoms with E-state index < -0.39 is 23.7 Å². The van der Waals surface area contributed by atoms with Crippen molar-refractivity contribution in [1.82, 2.24) is 5.27 Å². The summed E-state index contributed by atoms with van der Waals surface area (Å²) < 4.78 is 47.9. The topological polar surface area (TPSA) is 119 Å². The third kappa shape index (κ3) is 6.06. The van der Waals surface area contributed by atoms with E-state index in [4.69, 9.17) is 10.3 Å². The highest BCUT2D eigenvalue weighted by Gasteiger charge is 2.36. The second kappa shape index (κ2) is 11.0. The highest BCUT2D eigenvalue weighted by Crippen LogP contribution is 2.38. The fraction of sp³-hybridized carbons (Fsp3) is 0.407. The molecular formula is C27H29F3N6O3. The normalized spacial score (nSPS) is 21.7. The predicted molar refractivity (Wildman–Crippen MR) is 136 cm³/mol. The lowest BCUT2D eigenvalue weighted by atomic mass is 9.86. The summed E-state index contributed by atoms with van der Waals surface area (Å²) >= 11 is 0. The van der Waals surface area contributed by atoms with Crippen LogP contribution in [0, 0.1) is 5.92 Å². The molecule has 3 N–H and O–H groups in total. The molecule has 1 atom stereocenters. The van der Waals surface area contributed by atoms with Gasteiger partial charge in [-0.3, -0.25) is 9.59 Å². The van der Waals surface area contributed by atoms with Gasteiger partial charge in [0.2, 0.25) is 18.0 Å². The third-order valence-electron chi connectivity index (χ3n) is 7.42. The van der Waals surface area contributed by atoms with E-state index >= 15 is 0 Å². The van der Waals surface area contributed by atoms with Gasteiger partial charge in [-0.2, -0.15) is 13.2 Å². The van der Waals surface area contributed by atoms with Crippen molar-refractivity contribution in [1.29, 1.82) is 0 Å². The number of carbonyl (C=O) groups excluding carboxylic acids is 2. The largest absolute Gasteiger partial charge is 0.424 e. The highest BCUT2D eigenvalue weighted by molar-refractivity contribution is 6.04. The number of nitrogens with two attached hydrogens (primary N) is 1. The van der Waals surface area contributed by atoms with Crippen molar-refractivity contribution >= 4 is 29.2 Å². The van der Waals surface area contributed by atoms with E-state index in [1.807, 2.05) is 30.3 Å². The first-order valence-electron chi connectivity index (χ1n) is 12.9. The summed E-state index contributed by atoms with van der Waals surface area (Å²) in [6, 6.07) is 11.3. The number of hydrogen-bond donors (Lipinski definition) is 2. The molecule has 1 saturated heterocycles. The van der Waals surface area contributed by atoms with Crippen molar-refractivity contribution in [2.45, 2.75) is 50.2 Å². The Morgan fingerprint density at radius 2 is 1.87 bits per heavy atom. The molecule has 1 aromatic heterocycles. The van der Waals surface area contributed by atoms with Crippen LogP contribution in [0.15, 0.2) is 59.3 Å². The number of halogens is 3. The maximum Gasteiger partial charge on any atom is 0.416 e. The zero-order valence-corrected chi connectivity index (χ0v) is 21.1. The van der Waals surface area contributed by atoms with E-state index in [0.29, 0.717) is 18.9 Å². The van der Waals surface area contributed by atoms with Crippen LogP contribution in [0.4, 0.5) is 35.2 Å². The van der Waals surface area contributed by atoms with Gasteiger partial charge < -0.3 is 25.8 Å². The number of aromatic nitrogens is 2. The van der Waals surface area contributed by atoms with Crippen LogP contribution in [-0.4, -0.2) is 30.3 Å². The Balaban J connectivity index is 1.29. The molecule has 2 fully saturated rings. The van der Waals surface area contributed by atoms with Crippen molar-refractivity contribution in [2.75, 3.05) is 23.3 Å². The van der Waals surface area contributed by atoms with Crippen molar-refractivity contribution in [3.63, 3.8) is 0 Å². The standard InChI is InChI=1S/C27H29F3N6O3/c28-27(29,30)19-12-20(14-22(13-19)35-11-10-23(25(35)37)18-4-2-1-3-5-18)32-26(38)33-24-16-36(34-39-24)21-8-6-17(15-31)7-9-21/h1-5,12-14,16-17,21,23H,6-11,15,31H2,(H-,32,33,34,38). The second-order valence-electron chi connectivity index (χ2n) is 9.98. The summed E-state index contributed by atoms with van der Waals surface area (Å²) in [5.41, 5.74) is 5.47. The number of benzene rings is 2. The van der Waals surface area contributed by atoms with Crippen LogP contribution in [0.3, 0.4) is 0 Å². The summed E-state index contributed by atoms with van der Waals surface area (Å²) in [6.07, 6.45) is 0.964. The smallest absolute Gasteiger partial charge is 0.416 e. The number of nitrogens with one attached hydrogen (secondary N) is 1. The molecule has 0 bridgehead atoms. The number of alkyl halides is 3. The Morgan fingerprint density at radius 3 is 2.56 bits per heavy atom. The fourth-order valence-electron chi connectivity index (χ4n) is 5.30. The average molecular weight is 543 g/mol. The van der Waals surface area contributed by atoms with Crippen LogP contribution in [0.1, 0.15) is 55.2 Å². The van der Waals surface area contributed by atoms with E-state index in [2.05, 4.69) is 15.9 Å². The molecular weight excluding hydrogens is 513 g/mol. The highest BCUT2D eigenvalue weighted by atomic mass is 19.4. The van der Waals surface area contributed by atoms with Crippen molar-refractivity contribution in [2.24, 2.45) is 11.7 Å². The Bertz CT molecular complexity index is 1320. The Kier molecular flexibility index (Phi) is 7.56. The van der Waals surface area contributed by atoms with Crippen LogP contribution < -0.4 is 20.6 Å². The van der Waals surface area contributed by atoms with E-state index in [0.717, 1.165) is 43.4 Å². The molecule has 1 aliphatic heterocycles. The lowest BCUT2D eigenvalue weighted by molar-refractivity contribution is -0.787. The van der Waals surface area contributed by atoms with Gasteiger partial charge in [-0.05, 0) is 61.2 Å². The molecule has 1 aliphatic carbocycles. The van der Waals surface area contributed by atoms with E-state index in [1.54, 1.807) is 4.68 Å². The number of hydrogen-bond acceptors (Lipinski definition) is 5. The van der Waals surface area contributed by atoms with Gasteiger partial charge in [-0.15, -0.1) is 0 Å². The molecule has 0 spiro atoms. The van der Waals surface area contributed by atoms with E-state index in [-0.39, 0.29) is 35.8 Å². The first-order chi connectivity index (χ1) is 18.7. The van der Waals surface area contributed by atoms with Gasteiger partial charge in [0.15, 0.2) is 17.3 Å². The summed E-state index contributed by atoms with van der Waals surface area (Å²) in [6.45, 7) is 0.899. The minimum Gasteiger partial charge on any atom is -0.424 e. The van der Waals surface area contributed by atoms with Gasteiger partial charge in [0, 0.05) is 25.1 Å². The van der Waals surface area contributed by atoms with E-state index in [9.17, 15) is 22.8 Å². The SMILES string of the molecule is NCC1CCC([n+]2cc([N-]C(=O)Nc3cc(N4CCC(c5ccccc5)C4=O)cc(C(F)(F)F)c3)on2)CC1. The molecule has 3 amide bonds. The Hall–Kier alpha value is -3.93. The molecule has 5 rings (SSSR count). The molecule has 9 nitrogen and oxygen atoms in total. The zero-order valence-electron chi connectivity index (χ0n) is 21.1. The maximum atomic E-state index is 13.7. The molecule has 12 heteroatoms. The van der Waals surface area contributed by atoms with Crippen molar-refractivity contribution in [3.05, 3.63) is 71.2 Å². The average Bonchev–Trinajstić information content (AvgIpc) is 3.55. The van der Waals surface area contributed by atoms with Crippen LogP contribution in [0.25, 0.3) is 5.32 Å². The maximum absolute atomic E-state index is 13.7. The van der Waals surface area contributed by atoms with Crippen LogP contribution in [-0.2, 0) is 11.0 Å². The summed E-state index contributed by atoms with van der Waals surface area (Å²) in [7, 11) is 0. The third-order valence-corrected chi connectivity index (χ3v) is 7.42. The summed E-state index contributed by atoms with van der Waals surface area (Å²) in [5.74, 6) is -0.325. The van der Waals surface area contributed by atoms with Crippen molar-refractivity contribution < 1.29 is 32.0 Å². The number of urea groups is 1. The first-order valence-corrected chi connectivity index (χ1v) is 12.9. The minimum atomic E-state index is -4.69. The molecule has 1 saturated carbocycles. The Morgan fingerprint density at radius 1 is 1.13 bits per heavy atom. The van der Waals surface area contributed by atoms with E-state index in [1.165, 1.54) is 17.2 Å². The lowest BCUT2D eigenvalue weighted by Crippen LogP contribution is -2.43. The van der Waals surface area contributed by atoms with Crippen LogP contribution >= 0.6 is 0 Å². The zero-order chi connectivity index (χ0) is 27.6. The van der Waals surface area contributed by atoms with Gasteiger partial charge in [0.05, 0.1) is 11.5 Å². The van der Waals surface area contributed by atoms with Crippen molar-refractivity contribution in [3.8, 4) is 0 Å². The minimum absolute atomic E-state index is 0.0501. The molecule has 1 unspecified atom stereocenters. The van der Waals surface area contributed by atoms with Gasteiger partial charge in [-0.25, -0.2) is 0 Å². The van der Waals surface area contributed by atoms with Crippen LogP contribution in [0.2, 0.25) is 0 Å². The fourth-order valence-corrected chi connectivity index (χ4v) is 5.30. The molecule has 2 aliphatic rings. The first kappa shape index (κ1) is 26.7. The molecule has 2 heterocycles. The lowest BCUT2D eigenvalue weighted by Gasteiger charge is -2.22. The number of anilines is 2. The Labute approximate surface area is 223 Å². The van der Waals surface area contributed by atoms with Gasteiger partial charge in [0.25, 0.3) is 0 Å². The second-order valence-corrected chi connectivity index (χ2v) is 9.98. The quantitative estimate of drug-likeness (QED) is 0.403. The predicted octanol–water partition coefficient (Wildman–Crippen LogP) is 5.43. The number of nitrogens with zero attached hydrogens (tertiary/aromatic N) is 4. The number of rotatable bonds is 6. The molecule has 0 radical (unpaired) electrons. The number of carbonyl (C=O) groups is 2. The monoisotopic (exact) mass is 542 g/mol. The number of amides is 3. The molecule has 3 aromatic rings. The molecule has 39 heavy (non-hydrogen) atoms.